The van der Waals surface area contributed by atoms with Crippen molar-refractivity contribution in [2.45, 2.75) is 6.92 Å². The Balaban J connectivity index is -0.000000163. The fourth-order valence-electron chi connectivity index (χ4n) is 0.534. The summed E-state index contributed by atoms with van der Waals surface area (Å²) in [5.41, 5.74) is 1.32. The average molecular weight is 332 g/mol. The molecule has 0 aromatic heterocycles. The lowest BCUT2D eigenvalue weighted by molar-refractivity contribution is -0.00100. The molecule has 1 rings (SSSR count). The predicted octanol–water partition coefficient (Wildman–Crippen LogP) is -6.99. The molecule has 0 saturated carbocycles. The van der Waals surface area contributed by atoms with Crippen LogP contribution in [-0.2, 0) is 0 Å². The van der Waals surface area contributed by atoms with Gasteiger partial charge in [0.25, 0.3) is 0 Å². The summed E-state index contributed by atoms with van der Waals surface area (Å²) < 4.78 is 0. The van der Waals surface area contributed by atoms with E-state index in [9.17, 15) is 0 Å². The summed E-state index contributed by atoms with van der Waals surface area (Å²) in [5, 5.41) is 0. The van der Waals surface area contributed by atoms with Gasteiger partial charge >= 0.3 is 0 Å². The Morgan fingerprint density at radius 3 is 1.40 bits per heavy atom. The molecule has 0 aliphatic heterocycles. The molecule has 0 saturated heterocycles. The molecule has 60 valence electrons. The third-order valence-electron chi connectivity index (χ3n) is 0.940. The first-order valence-electron chi connectivity index (χ1n) is 2.41. The van der Waals surface area contributed by atoms with Crippen LogP contribution in [0.1, 0.15) is 5.56 Å². The smallest absolute Gasteiger partial charge is 0.0398 e. The SMILES string of the molecule is Cc1ccccc1.[Br-].[Br-].[Br-]. The third kappa shape index (κ3) is 6.78. The van der Waals surface area contributed by atoms with E-state index in [4.69, 9.17) is 0 Å². The second kappa shape index (κ2) is 9.66. The Labute approximate surface area is 93.3 Å². The highest BCUT2D eigenvalue weighted by molar-refractivity contribution is 5.11. The van der Waals surface area contributed by atoms with Gasteiger partial charge in [0.1, 0.15) is 0 Å². The summed E-state index contributed by atoms with van der Waals surface area (Å²) in [5.74, 6) is 0. The number of aryl methyl sites for hydroxylation is 1. The molecule has 0 aliphatic carbocycles. The molecule has 1 aromatic carbocycles. The molecule has 0 aliphatic rings. The molecule has 0 N–H and O–H groups in total. The fraction of sp³-hybridized carbons (Fsp3) is 0.143. The van der Waals surface area contributed by atoms with Gasteiger partial charge in [-0.1, -0.05) is 35.9 Å². The van der Waals surface area contributed by atoms with Crippen molar-refractivity contribution in [3.8, 4) is 0 Å². The van der Waals surface area contributed by atoms with Gasteiger partial charge in [0.05, 0.1) is 0 Å². The Morgan fingerprint density at radius 2 is 1.20 bits per heavy atom. The minimum absolute atomic E-state index is 0. The quantitative estimate of drug-likeness (QED) is 0.443. The van der Waals surface area contributed by atoms with Crippen molar-refractivity contribution >= 4 is 0 Å². The van der Waals surface area contributed by atoms with Crippen LogP contribution >= 0.6 is 0 Å². The lowest BCUT2D eigenvalue weighted by Gasteiger charge is -1.82. The average Bonchev–Trinajstić information content (AvgIpc) is 1.69. The van der Waals surface area contributed by atoms with E-state index in [1.807, 2.05) is 18.2 Å². The second-order valence-corrected chi connectivity index (χ2v) is 1.65. The Morgan fingerprint density at radius 1 is 0.800 bits per heavy atom. The molecule has 0 heterocycles. The zero-order chi connectivity index (χ0) is 5.11. The van der Waals surface area contributed by atoms with Crippen molar-refractivity contribution < 1.29 is 50.9 Å². The molecular formula is C7H8Br3-3. The number of benzene rings is 1. The van der Waals surface area contributed by atoms with Crippen LogP contribution in [0.3, 0.4) is 0 Å². The standard InChI is InChI=1S/C7H8.3BrH/c1-7-5-3-2-4-6-7;;;/h2-6H,1H3;3*1H/p-3. The van der Waals surface area contributed by atoms with Gasteiger partial charge in [-0.05, 0) is 6.92 Å². The first-order chi connectivity index (χ1) is 3.39. The van der Waals surface area contributed by atoms with E-state index >= 15 is 0 Å². The molecule has 10 heavy (non-hydrogen) atoms. The molecule has 0 nitrogen and oxygen atoms in total. The largest absolute Gasteiger partial charge is 1.00 e. The molecule has 0 bridgehead atoms. The van der Waals surface area contributed by atoms with E-state index in [1.165, 1.54) is 5.56 Å². The first-order valence-corrected chi connectivity index (χ1v) is 2.41. The highest BCUT2D eigenvalue weighted by Gasteiger charge is 1.72. The molecular weight excluding hydrogens is 324 g/mol. The van der Waals surface area contributed by atoms with Gasteiger partial charge in [-0.25, -0.2) is 0 Å². The van der Waals surface area contributed by atoms with Gasteiger partial charge in [0.2, 0.25) is 0 Å². The lowest BCUT2D eigenvalue weighted by atomic mass is 10.2. The summed E-state index contributed by atoms with van der Waals surface area (Å²) in [6.07, 6.45) is 0. The number of halogens is 3. The number of rotatable bonds is 0. The van der Waals surface area contributed by atoms with Crippen LogP contribution in [-0.4, -0.2) is 0 Å². The minimum atomic E-state index is 0. The van der Waals surface area contributed by atoms with Crippen LogP contribution < -0.4 is 50.9 Å². The monoisotopic (exact) mass is 329 g/mol. The van der Waals surface area contributed by atoms with Crippen molar-refractivity contribution in [1.82, 2.24) is 0 Å². The lowest BCUT2D eigenvalue weighted by Crippen LogP contribution is -3.00. The van der Waals surface area contributed by atoms with Crippen LogP contribution in [0.4, 0.5) is 0 Å². The second-order valence-electron chi connectivity index (χ2n) is 1.65. The van der Waals surface area contributed by atoms with E-state index in [-0.39, 0.29) is 50.9 Å². The molecule has 0 radical (unpaired) electrons. The van der Waals surface area contributed by atoms with Crippen molar-refractivity contribution in [3.63, 3.8) is 0 Å². The summed E-state index contributed by atoms with van der Waals surface area (Å²) in [6.45, 7) is 2.08. The topological polar surface area (TPSA) is 0 Å². The molecule has 1 aromatic rings. The van der Waals surface area contributed by atoms with Crippen LogP contribution in [0.25, 0.3) is 0 Å². The number of hydrogen-bond donors (Lipinski definition) is 0. The molecule has 0 fully saturated rings. The Bertz CT molecular complexity index is 139. The van der Waals surface area contributed by atoms with Crippen LogP contribution in [0.5, 0.6) is 0 Å². The Hall–Kier alpha value is 0.660. The van der Waals surface area contributed by atoms with Crippen molar-refractivity contribution in [2.75, 3.05) is 0 Å². The zero-order valence-corrected chi connectivity index (χ0v) is 10.3. The summed E-state index contributed by atoms with van der Waals surface area (Å²) in [7, 11) is 0. The van der Waals surface area contributed by atoms with Gasteiger partial charge in [-0.15, -0.1) is 0 Å². The third-order valence-corrected chi connectivity index (χ3v) is 0.940. The maximum Gasteiger partial charge on any atom is -0.0398 e. The van der Waals surface area contributed by atoms with Gasteiger partial charge in [0, 0.05) is 0 Å². The Kier molecular flexibility index (Phi) is 16.4. The predicted molar refractivity (Wildman–Crippen MR) is 31.2 cm³/mol. The zero-order valence-electron chi connectivity index (χ0n) is 5.52. The van der Waals surface area contributed by atoms with Crippen molar-refractivity contribution in [2.24, 2.45) is 0 Å². The normalized spacial score (nSPS) is 6.10. The first kappa shape index (κ1) is 17.0. The molecule has 0 unspecified atom stereocenters. The maximum atomic E-state index is 2.08. The van der Waals surface area contributed by atoms with Crippen LogP contribution in [0.15, 0.2) is 30.3 Å². The molecule has 0 atom stereocenters. The summed E-state index contributed by atoms with van der Waals surface area (Å²) >= 11 is 0. The summed E-state index contributed by atoms with van der Waals surface area (Å²) in [4.78, 5) is 0. The van der Waals surface area contributed by atoms with Crippen molar-refractivity contribution in [3.05, 3.63) is 35.9 Å². The summed E-state index contributed by atoms with van der Waals surface area (Å²) in [6, 6.07) is 10.3. The van der Waals surface area contributed by atoms with Crippen molar-refractivity contribution in [1.29, 1.82) is 0 Å². The maximum absolute atomic E-state index is 2.08. The van der Waals surface area contributed by atoms with E-state index in [0.717, 1.165) is 0 Å². The van der Waals surface area contributed by atoms with Gasteiger partial charge in [-0.2, -0.15) is 0 Å². The highest BCUT2D eigenvalue weighted by Crippen LogP contribution is 1.92. The fourth-order valence-corrected chi connectivity index (χ4v) is 0.534. The molecule has 0 spiro atoms. The van der Waals surface area contributed by atoms with Crippen LogP contribution in [0.2, 0.25) is 0 Å². The van der Waals surface area contributed by atoms with E-state index in [1.54, 1.807) is 0 Å². The highest BCUT2D eigenvalue weighted by atomic mass is 79.9. The number of hydrogen-bond acceptors (Lipinski definition) is 0. The van der Waals surface area contributed by atoms with Gasteiger partial charge in [-0.3, -0.25) is 0 Å². The van der Waals surface area contributed by atoms with E-state index in [0.29, 0.717) is 0 Å². The molecule has 3 heteroatoms. The van der Waals surface area contributed by atoms with Gasteiger partial charge in [0.15, 0.2) is 0 Å². The van der Waals surface area contributed by atoms with E-state index in [2.05, 4.69) is 19.1 Å². The molecule has 0 amide bonds. The van der Waals surface area contributed by atoms with Gasteiger partial charge < -0.3 is 50.9 Å². The van der Waals surface area contributed by atoms with Crippen LogP contribution in [0, 0.1) is 6.92 Å². The minimum Gasteiger partial charge on any atom is -1.00 e. The van der Waals surface area contributed by atoms with E-state index < -0.39 is 0 Å².